The topological polar surface area (TPSA) is 99.7 Å². The molecule has 28 heavy (non-hydrogen) atoms. The van der Waals surface area contributed by atoms with Crippen molar-refractivity contribution in [3.05, 3.63) is 35.2 Å². The molecule has 2 heterocycles. The van der Waals surface area contributed by atoms with E-state index in [-0.39, 0.29) is 11.6 Å². The zero-order valence-corrected chi connectivity index (χ0v) is 16.7. The molecule has 0 aliphatic carbocycles. The average molecular weight is 407 g/mol. The number of aliphatic hydroxyl groups is 1. The molecule has 0 radical (unpaired) electrons. The second kappa shape index (κ2) is 8.28. The first-order chi connectivity index (χ1) is 13.3. The fourth-order valence-electron chi connectivity index (χ4n) is 3.08. The minimum atomic E-state index is -0.703. The van der Waals surface area contributed by atoms with Gasteiger partial charge in [0, 0.05) is 37.4 Å². The summed E-state index contributed by atoms with van der Waals surface area (Å²) in [6.45, 7) is 5.28. The summed E-state index contributed by atoms with van der Waals surface area (Å²) in [5.74, 6) is -0.494. The number of nitrogens with zero attached hydrogens (tertiary/aromatic N) is 4. The van der Waals surface area contributed by atoms with Crippen molar-refractivity contribution in [2.24, 2.45) is 10.7 Å². The van der Waals surface area contributed by atoms with Crippen molar-refractivity contribution in [2.75, 3.05) is 29.9 Å². The smallest absolute Gasteiger partial charge is 0.233 e. The number of fused-ring (bicyclic) bond motifs is 1. The molecule has 1 aromatic heterocycles. The number of benzene rings is 1. The maximum absolute atomic E-state index is 13.9. The van der Waals surface area contributed by atoms with E-state index in [2.05, 4.69) is 25.2 Å². The largest absolute Gasteiger partial charge is 0.403 e. The molecule has 9 heteroatoms. The highest BCUT2D eigenvalue weighted by Gasteiger charge is 2.28. The standard InChI is InChI=1S/C19H24ClFN6O/c1-3-23-17(21)15(10-22)26-18-24-11-12-8-13(20)16(9-14(12)25-18)27-6-4-19(2,28)5-7-27/h8-11,28H,3-7,22H2,1-2H3,(H,24,25,26)/b15-10+,23-17?. The lowest BCUT2D eigenvalue weighted by Crippen LogP contribution is -2.42. The van der Waals surface area contributed by atoms with Crippen molar-refractivity contribution in [3.8, 4) is 0 Å². The summed E-state index contributed by atoms with van der Waals surface area (Å²) in [4.78, 5) is 14.5. The molecule has 0 amide bonds. The van der Waals surface area contributed by atoms with Crippen LogP contribution in [0.1, 0.15) is 26.7 Å². The predicted octanol–water partition coefficient (Wildman–Crippen LogP) is 3.23. The van der Waals surface area contributed by atoms with Crippen molar-refractivity contribution in [1.29, 1.82) is 0 Å². The number of aromatic nitrogens is 2. The Hall–Kier alpha value is -2.45. The minimum Gasteiger partial charge on any atom is -0.403 e. The molecule has 0 spiro atoms. The van der Waals surface area contributed by atoms with Crippen LogP contribution in [0.15, 0.2) is 35.2 Å². The van der Waals surface area contributed by atoms with Crippen LogP contribution in [0.3, 0.4) is 0 Å². The molecule has 1 aliphatic heterocycles. The van der Waals surface area contributed by atoms with Gasteiger partial charge in [-0.15, -0.1) is 0 Å². The second-order valence-corrected chi connectivity index (χ2v) is 7.42. The third-order valence-electron chi connectivity index (χ3n) is 4.76. The zero-order chi connectivity index (χ0) is 20.3. The van der Waals surface area contributed by atoms with E-state index in [1.165, 1.54) is 0 Å². The molecule has 0 saturated carbocycles. The summed E-state index contributed by atoms with van der Waals surface area (Å²) < 4.78 is 13.9. The summed E-state index contributed by atoms with van der Waals surface area (Å²) >= 11 is 6.46. The Morgan fingerprint density at radius 1 is 1.46 bits per heavy atom. The van der Waals surface area contributed by atoms with E-state index in [4.69, 9.17) is 17.3 Å². The van der Waals surface area contributed by atoms with Crippen LogP contribution in [-0.2, 0) is 0 Å². The molecule has 3 rings (SSSR count). The van der Waals surface area contributed by atoms with Crippen LogP contribution in [0.2, 0.25) is 5.02 Å². The molecule has 1 fully saturated rings. The monoisotopic (exact) mass is 406 g/mol. The Balaban J connectivity index is 1.89. The number of aliphatic imine (C=N–C) groups is 1. The molecule has 7 nitrogen and oxygen atoms in total. The van der Waals surface area contributed by atoms with Crippen molar-refractivity contribution < 1.29 is 9.50 Å². The highest BCUT2D eigenvalue weighted by Crippen LogP contribution is 2.34. The normalized spacial score (nSPS) is 17.8. The van der Waals surface area contributed by atoms with Crippen LogP contribution in [0.4, 0.5) is 16.0 Å². The molecule has 1 aromatic carbocycles. The molecule has 2 aromatic rings. The molecule has 4 N–H and O–H groups in total. The lowest BCUT2D eigenvalue weighted by Gasteiger charge is -2.37. The van der Waals surface area contributed by atoms with Gasteiger partial charge in [0.1, 0.15) is 5.70 Å². The lowest BCUT2D eigenvalue weighted by molar-refractivity contribution is 0.0351. The molecule has 0 unspecified atom stereocenters. The van der Waals surface area contributed by atoms with E-state index in [1.54, 1.807) is 13.1 Å². The van der Waals surface area contributed by atoms with Gasteiger partial charge in [0.2, 0.25) is 11.9 Å². The number of nitrogens with one attached hydrogen (secondary N) is 1. The van der Waals surface area contributed by atoms with Gasteiger partial charge in [0.05, 0.1) is 21.8 Å². The molecule has 0 bridgehead atoms. The number of hydrogen-bond acceptors (Lipinski definition) is 7. The quantitative estimate of drug-likeness (QED) is 0.659. The van der Waals surface area contributed by atoms with E-state index < -0.39 is 11.6 Å². The summed E-state index contributed by atoms with van der Waals surface area (Å²) in [5.41, 5.74) is 6.36. The number of piperidine rings is 1. The maximum Gasteiger partial charge on any atom is 0.233 e. The summed E-state index contributed by atoms with van der Waals surface area (Å²) in [7, 11) is 0. The first-order valence-electron chi connectivity index (χ1n) is 9.16. The molecular weight excluding hydrogens is 383 g/mol. The number of rotatable bonds is 5. The van der Waals surface area contributed by atoms with E-state index >= 15 is 0 Å². The van der Waals surface area contributed by atoms with Crippen LogP contribution in [-0.4, -0.2) is 46.3 Å². The fourth-order valence-corrected chi connectivity index (χ4v) is 3.37. The van der Waals surface area contributed by atoms with Gasteiger partial charge in [-0.3, -0.25) is 4.99 Å². The number of nitrogens with two attached hydrogens (primary N) is 1. The Labute approximate surface area is 168 Å². The molecule has 1 saturated heterocycles. The molecule has 1 aliphatic rings. The third-order valence-corrected chi connectivity index (χ3v) is 5.06. The van der Waals surface area contributed by atoms with Gasteiger partial charge in [-0.1, -0.05) is 11.6 Å². The van der Waals surface area contributed by atoms with Crippen molar-refractivity contribution in [3.63, 3.8) is 0 Å². The van der Waals surface area contributed by atoms with Gasteiger partial charge in [-0.05, 0) is 38.8 Å². The summed E-state index contributed by atoms with van der Waals surface area (Å²) in [5, 5.41) is 14.3. The zero-order valence-electron chi connectivity index (χ0n) is 15.9. The van der Waals surface area contributed by atoms with Gasteiger partial charge < -0.3 is 21.1 Å². The van der Waals surface area contributed by atoms with Gasteiger partial charge in [-0.2, -0.15) is 4.39 Å². The molecule has 0 atom stereocenters. The minimum absolute atomic E-state index is 0.00801. The highest BCUT2D eigenvalue weighted by molar-refractivity contribution is 6.34. The Kier molecular flexibility index (Phi) is 6.00. The van der Waals surface area contributed by atoms with E-state index in [0.29, 0.717) is 43.0 Å². The van der Waals surface area contributed by atoms with Crippen LogP contribution in [0.5, 0.6) is 0 Å². The van der Waals surface area contributed by atoms with Crippen LogP contribution in [0, 0.1) is 0 Å². The van der Waals surface area contributed by atoms with Gasteiger partial charge >= 0.3 is 0 Å². The molecule has 150 valence electrons. The van der Waals surface area contributed by atoms with Gasteiger partial charge in [0.25, 0.3) is 0 Å². The van der Waals surface area contributed by atoms with E-state index in [0.717, 1.165) is 17.3 Å². The SMILES string of the molecule is CCN=C(F)/C(=C\N)Nc1ncc2cc(Cl)c(N3CCC(C)(O)CC3)cc2n1. The second-order valence-electron chi connectivity index (χ2n) is 7.01. The number of anilines is 2. The number of hydrogen-bond donors (Lipinski definition) is 3. The first-order valence-corrected chi connectivity index (χ1v) is 9.53. The summed E-state index contributed by atoms with van der Waals surface area (Å²) in [6.07, 6.45) is 4.04. The Morgan fingerprint density at radius 2 is 2.18 bits per heavy atom. The highest BCUT2D eigenvalue weighted by atomic mass is 35.5. The van der Waals surface area contributed by atoms with Crippen LogP contribution in [0.25, 0.3) is 10.9 Å². The van der Waals surface area contributed by atoms with E-state index in [9.17, 15) is 9.50 Å². The first kappa shape index (κ1) is 20.3. The maximum atomic E-state index is 13.9. The fraction of sp³-hybridized carbons (Fsp3) is 0.421. The lowest BCUT2D eigenvalue weighted by atomic mass is 9.93. The number of halogens is 2. The summed E-state index contributed by atoms with van der Waals surface area (Å²) in [6, 6.07) is 3.69. The van der Waals surface area contributed by atoms with E-state index in [1.807, 2.05) is 19.1 Å². The van der Waals surface area contributed by atoms with Gasteiger partial charge in [-0.25, -0.2) is 9.97 Å². The Morgan fingerprint density at radius 3 is 2.82 bits per heavy atom. The van der Waals surface area contributed by atoms with Crippen molar-refractivity contribution in [1.82, 2.24) is 9.97 Å². The third kappa shape index (κ3) is 4.51. The predicted molar refractivity (Wildman–Crippen MR) is 112 cm³/mol. The van der Waals surface area contributed by atoms with Crippen molar-refractivity contribution in [2.45, 2.75) is 32.3 Å². The average Bonchev–Trinajstić information content (AvgIpc) is 2.66. The van der Waals surface area contributed by atoms with Crippen molar-refractivity contribution >= 4 is 40.1 Å². The number of allylic oxidation sites excluding steroid dienone is 1. The Bertz CT molecular complexity index is 920. The van der Waals surface area contributed by atoms with Crippen LogP contribution < -0.4 is 16.0 Å². The van der Waals surface area contributed by atoms with Gasteiger partial charge in [0.15, 0.2) is 0 Å². The molecular formula is C19H24ClFN6O. The van der Waals surface area contributed by atoms with Crippen LogP contribution >= 0.6 is 11.6 Å².